The van der Waals surface area contributed by atoms with Crippen LogP contribution in [0, 0.1) is 6.92 Å². The fraction of sp³-hybridized carbons (Fsp3) is 0.300. The molecule has 5 rings (SSSR count). The minimum absolute atomic E-state index is 0.00375. The molecule has 0 saturated heterocycles. The van der Waals surface area contributed by atoms with Gasteiger partial charge in [0.2, 0.25) is 5.95 Å². The third-order valence-electron chi connectivity index (χ3n) is 6.56. The van der Waals surface area contributed by atoms with E-state index in [4.69, 9.17) is 9.72 Å². The summed E-state index contributed by atoms with van der Waals surface area (Å²) < 4.78 is 7.15. The molecule has 2 aromatic carbocycles. The van der Waals surface area contributed by atoms with Gasteiger partial charge in [0, 0.05) is 17.5 Å². The van der Waals surface area contributed by atoms with Gasteiger partial charge >= 0.3 is 0 Å². The summed E-state index contributed by atoms with van der Waals surface area (Å²) in [7, 11) is 0. The maximum Gasteiger partial charge on any atom is 0.264 e. The Morgan fingerprint density at radius 3 is 2.38 bits per heavy atom. The number of nitrogens with one attached hydrogen (secondary N) is 1. The van der Waals surface area contributed by atoms with Crippen LogP contribution in [0.5, 0.6) is 5.75 Å². The van der Waals surface area contributed by atoms with Crippen molar-refractivity contribution in [2.45, 2.75) is 59.5 Å². The Kier molecular flexibility index (Phi) is 8.04. The van der Waals surface area contributed by atoms with Gasteiger partial charge in [0.05, 0.1) is 24.2 Å². The zero-order valence-corrected chi connectivity index (χ0v) is 23.1. The standard InChI is InChI=1S/C30H32N8O2/c1-5-6-11-27-26(29(39)38(20(4)33-27)30-31-17-23(18-32-30)40-19(2)3)16-21-12-14-22(15-13-21)24-9-7-8-10-25(24)28-34-36-37-35-28/h7-10,12-15,17-19H,5-6,11,16H2,1-4H3,(H,34,35,36,37). The molecule has 0 amide bonds. The first-order valence-corrected chi connectivity index (χ1v) is 13.5. The van der Waals surface area contributed by atoms with Crippen LogP contribution in [0.15, 0.2) is 65.7 Å². The number of benzene rings is 2. The first-order chi connectivity index (χ1) is 19.4. The van der Waals surface area contributed by atoms with E-state index in [1.165, 1.54) is 4.57 Å². The van der Waals surface area contributed by atoms with Crippen LogP contribution < -0.4 is 10.3 Å². The van der Waals surface area contributed by atoms with Crippen LogP contribution in [-0.4, -0.2) is 46.2 Å². The van der Waals surface area contributed by atoms with E-state index >= 15 is 0 Å². The Morgan fingerprint density at radius 2 is 1.73 bits per heavy atom. The number of aromatic amines is 1. The van der Waals surface area contributed by atoms with Gasteiger partial charge in [-0.1, -0.05) is 61.9 Å². The molecule has 0 bridgehead atoms. The minimum atomic E-state index is -0.150. The molecule has 5 aromatic rings. The van der Waals surface area contributed by atoms with Crippen LogP contribution in [0.25, 0.3) is 28.5 Å². The predicted octanol–water partition coefficient (Wildman–Crippen LogP) is 4.90. The summed E-state index contributed by atoms with van der Waals surface area (Å²) in [5.74, 6) is 2.01. The molecular weight excluding hydrogens is 504 g/mol. The Hall–Kier alpha value is -4.73. The van der Waals surface area contributed by atoms with E-state index in [1.807, 2.05) is 57.2 Å². The summed E-state index contributed by atoms with van der Waals surface area (Å²) in [5.41, 5.74) is 5.30. The van der Waals surface area contributed by atoms with E-state index in [9.17, 15) is 4.79 Å². The van der Waals surface area contributed by atoms with E-state index in [0.717, 1.165) is 47.2 Å². The molecule has 3 heterocycles. The van der Waals surface area contributed by atoms with Gasteiger partial charge in [-0.2, -0.15) is 0 Å². The maximum atomic E-state index is 13.9. The fourth-order valence-electron chi connectivity index (χ4n) is 4.66. The lowest BCUT2D eigenvalue weighted by molar-refractivity contribution is 0.240. The number of unbranched alkanes of at least 4 members (excludes halogenated alkanes) is 1. The van der Waals surface area contributed by atoms with Gasteiger partial charge < -0.3 is 4.74 Å². The van der Waals surface area contributed by atoms with Crippen molar-refractivity contribution in [1.29, 1.82) is 0 Å². The normalized spacial score (nSPS) is 11.2. The number of tetrazole rings is 1. The SMILES string of the molecule is CCCCc1nc(C)n(-c2ncc(OC(C)C)cn2)c(=O)c1Cc1ccc(-c2ccccc2-c2nnn[nH]2)cc1. The lowest BCUT2D eigenvalue weighted by atomic mass is 9.96. The van der Waals surface area contributed by atoms with Gasteiger partial charge in [-0.15, -0.1) is 5.10 Å². The smallest absolute Gasteiger partial charge is 0.264 e. The highest BCUT2D eigenvalue weighted by molar-refractivity contribution is 5.80. The third-order valence-corrected chi connectivity index (χ3v) is 6.56. The Labute approximate surface area is 232 Å². The molecule has 40 heavy (non-hydrogen) atoms. The molecular formula is C30H32N8O2. The number of hydrogen-bond donors (Lipinski definition) is 1. The van der Waals surface area contributed by atoms with Crippen LogP contribution >= 0.6 is 0 Å². The largest absolute Gasteiger partial charge is 0.488 e. The van der Waals surface area contributed by atoms with E-state index in [2.05, 4.69) is 49.6 Å². The molecule has 0 spiro atoms. The highest BCUT2D eigenvalue weighted by atomic mass is 16.5. The molecule has 1 N–H and O–H groups in total. The molecule has 0 unspecified atom stereocenters. The second-order valence-corrected chi connectivity index (χ2v) is 9.88. The average molecular weight is 537 g/mol. The lowest BCUT2D eigenvalue weighted by Gasteiger charge is -2.15. The Bertz CT molecular complexity index is 1630. The Morgan fingerprint density at radius 1 is 1.00 bits per heavy atom. The molecule has 0 radical (unpaired) electrons. The van der Waals surface area contributed by atoms with Crippen molar-refractivity contribution in [3.63, 3.8) is 0 Å². The topological polar surface area (TPSA) is 124 Å². The molecule has 0 aliphatic rings. The summed E-state index contributed by atoms with van der Waals surface area (Å²) in [6, 6.07) is 16.2. The van der Waals surface area contributed by atoms with Gasteiger partial charge in [0.15, 0.2) is 11.6 Å². The van der Waals surface area contributed by atoms with Crippen LogP contribution in [-0.2, 0) is 12.8 Å². The van der Waals surface area contributed by atoms with E-state index < -0.39 is 0 Å². The van der Waals surface area contributed by atoms with Crippen molar-refractivity contribution in [2.75, 3.05) is 0 Å². The molecule has 10 nitrogen and oxygen atoms in total. The summed E-state index contributed by atoms with van der Waals surface area (Å²) in [6.45, 7) is 7.83. The number of H-pyrrole nitrogens is 1. The maximum absolute atomic E-state index is 13.9. The number of hydrogen-bond acceptors (Lipinski definition) is 8. The summed E-state index contributed by atoms with van der Waals surface area (Å²) in [4.78, 5) is 27.6. The van der Waals surface area contributed by atoms with Gasteiger partial charge in [-0.25, -0.2) is 24.6 Å². The molecule has 0 atom stereocenters. The molecule has 0 saturated carbocycles. The third kappa shape index (κ3) is 5.80. The van der Waals surface area contributed by atoms with Gasteiger partial charge in [-0.05, 0) is 60.7 Å². The van der Waals surface area contributed by atoms with Crippen molar-refractivity contribution in [3.8, 4) is 34.2 Å². The monoisotopic (exact) mass is 536 g/mol. The average Bonchev–Trinajstić information content (AvgIpc) is 3.50. The highest BCUT2D eigenvalue weighted by Crippen LogP contribution is 2.30. The van der Waals surface area contributed by atoms with E-state index in [0.29, 0.717) is 29.4 Å². The number of aromatic nitrogens is 8. The number of aryl methyl sites for hydroxylation is 2. The number of rotatable bonds is 10. The second kappa shape index (κ2) is 12.0. The van der Waals surface area contributed by atoms with Crippen molar-refractivity contribution in [1.82, 2.24) is 40.1 Å². The van der Waals surface area contributed by atoms with Crippen molar-refractivity contribution in [2.24, 2.45) is 0 Å². The lowest BCUT2D eigenvalue weighted by Crippen LogP contribution is -2.29. The Balaban J connectivity index is 1.49. The predicted molar refractivity (Wildman–Crippen MR) is 152 cm³/mol. The van der Waals surface area contributed by atoms with E-state index in [-0.39, 0.29) is 17.6 Å². The van der Waals surface area contributed by atoms with Crippen LogP contribution in [0.2, 0.25) is 0 Å². The van der Waals surface area contributed by atoms with Gasteiger partial charge in [-0.3, -0.25) is 4.79 Å². The van der Waals surface area contributed by atoms with E-state index in [1.54, 1.807) is 12.4 Å². The molecule has 204 valence electrons. The number of nitrogens with zero attached hydrogens (tertiary/aromatic N) is 7. The van der Waals surface area contributed by atoms with Crippen LogP contribution in [0.1, 0.15) is 56.3 Å². The molecule has 0 aliphatic heterocycles. The zero-order chi connectivity index (χ0) is 28.1. The first-order valence-electron chi connectivity index (χ1n) is 13.5. The summed E-state index contributed by atoms with van der Waals surface area (Å²) in [5, 5.41) is 14.3. The summed E-state index contributed by atoms with van der Waals surface area (Å²) in [6.07, 6.45) is 6.33. The molecule has 0 fully saturated rings. The van der Waals surface area contributed by atoms with Gasteiger partial charge in [0.25, 0.3) is 5.56 Å². The fourth-order valence-corrected chi connectivity index (χ4v) is 4.66. The van der Waals surface area contributed by atoms with Crippen molar-refractivity contribution < 1.29 is 4.74 Å². The zero-order valence-electron chi connectivity index (χ0n) is 23.1. The molecule has 0 aliphatic carbocycles. The molecule has 10 heteroatoms. The summed E-state index contributed by atoms with van der Waals surface area (Å²) >= 11 is 0. The van der Waals surface area contributed by atoms with Crippen LogP contribution in [0.3, 0.4) is 0 Å². The van der Waals surface area contributed by atoms with Gasteiger partial charge in [0.1, 0.15) is 5.82 Å². The molecule has 3 aromatic heterocycles. The van der Waals surface area contributed by atoms with Crippen LogP contribution in [0.4, 0.5) is 0 Å². The highest BCUT2D eigenvalue weighted by Gasteiger charge is 2.18. The van der Waals surface area contributed by atoms with Crippen molar-refractivity contribution in [3.05, 3.63) is 93.9 Å². The second-order valence-electron chi connectivity index (χ2n) is 9.88. The van der Waals surface area contributed by atoms with Crippen molar-refractivity contribution >= 4 is 0 Å². The quantitative estimate of drug-likeness (QED) is 0.267. The number of ether oxygens (including phenoxy) is 1. The minimum Gasteiger partial charge on any atom is -0.488 e. The first kappa shape index (κ1) is 26.9.